The highest BCUT2D eigenvalue weighted by atomic mass is 16.6. The third-order valence-electron chi connectivity index (χ3n) is 9.34. The van der Waals surface area contributed by atoms with Gasteiger partial charge in [-0.1, -0.05) is 145 Å². The van der Waals surface area contributed by atoms with E-state index in [-0.39, 0.29) is 49.1 Å². The summed E-state index contributed by atoms with van der Waals surface area (Å²) in [6.07, 6.45) is 48.0. The van der Waals surface area contributed by atoms with Crippen LogP contribution in [0.25, 0.3) is 0 Å². The van der Waals surface area contributed by atoms with Gasteiger partial charge in [0.15, 0.2) is 6.10 Å². The van der Waals surface area contributed by atoms with Crippen molar-refractivity contribution in [3.8, 4) is 0 Å². The lowest BCUT2D eigenvalue weighted by atomic mass is 10.0. The molecule has 0 fully saturated rings. The summed E-state index contributed by atoms with van der Waals surface area (Å²) >= 11 is 0. The average molecular weight is 784 g/mol. The summed E-state index contributed by atoms with van der Waals surface area (Å²) < 4.78 is 17.1. The fourth-order valence-electron chi connectivity index (χ4n) is 5.99. The Morgan fingerprint density at radius 2 is 0.964 bits per heavy atom. The third-order valence-corrected chi connectivity index (χ3v) is 9.34. The number of esters is 2. The summed E-state index contributed by atoms with van der Waals surface area (Å²) in [5.74, 6) is -1.82. The molecule has 0 spiro atoms. The quantitative estimate of drug-likeness (QED) is 0.0266. The highest BCUT2D eigenvalue weighted by molar-refractivity contribution is 5.70. The minimum atomic E-state index is -1.14. The lowest BCUT2D eigenvalue weighted by molar-refractivity contribution is -0.889. The maximum Gasteiger partial charge on any atom is 0.306 e. The Morgan fingerprint density at radius 3 is 1.45 bits per heavy atom. The largest absolute Gasteiger partial charge is 0.544 e. The van der Waals surface area contributed by atoms with E-state index in [9.17, 15) is 19.5 Å². The van der Waals surface area contributed by atoms with Crippen molar-refractivity contribution in [2.45, 2.75) is 174 Å². The van der Waals surface area contributed by atoms with Gasteiger partial charge in [0.2, 0.25) is 0 Å². The molecule has 0 saturated carbocycles. The molecule has 320 valence electrons. The second kappa shape index (κ2) is 38.6. The van der Waals surface area contributed by atoms with Crippen molar-refractivity contribution in [3.05, 3.63) is 72.9 Å². The molecule has 0 aliphatic carbocycles. The maximum absolute atomic E-state index is 12.6. The van der Waals surface area contributed by atoms with Gasteiger partial charge in [-0.3, -0.25) is 9.59 Å². The van der Waals surface area contributed by atoms with Crippen LogP contribution in [0.15, 0.2) is 72.9 Å². The third kappa shape index (κ3) is 36.4. The van der Waals surface area contributed by atoms with Crippen LogP contribution in [-0.2, 0) is 28.6 Å². The van der Waals surface area contributed by atoms with Crippen molar-refractivity contribution in [3.63, 3.8) is 0 Å². The van der Waals surface area contributed by atoms with E-state index in [1.54, 1.807) is 21.1 Å². The number of carboxylic acid groups (broad SMARTS) is 1. The number of nitrogens with zero attached hydrogens (tertiary/aromatic N) is 1. The first-order valence-electron chi connectivity index (χ1n) is 22.0. The van der Waals surface area contributed by atoms with Crippen LogP contribution >= 0.6 is 0 Å². The molecule has 0 aromatic heterocycles. The Morgan fingerprint density at radius 1 is 0.536 bits per heavy atom. The predicted octanol–water partition coefficient (Wildman–Crippen LogP) is 10.6. The maximum atomic E-state index is 12.6. The van der Waals surface area contributed by atoms with Gasteiger partial charge in [0.25, 0.3) is 0 Å². The Bertz CT molecular complexity index is 1140. The van der Waals surface area contributed by atoms with Crippen LogP contribution in [0.3, 0.4) is 0 Å². The number of hydrogen-bond acceptors (Lipinski definition) is 7. The zero-order chi connectivity index (χ0) is 41.4. The van der Waals surface area contributed by atoms with Crippen LogP contribution in [0.4, 0.5) is 0 Å². The number of quaternary nitrogens is 1. The van der Waals surface area contributed by atoms with E-state index in [4.69, 9.17) is 14.2 Å². The normalized spacial score (nSPS) is 13.7. The monoisotopic (exact) mass is 784 g/mol. The summed E-state index contributed by atoms with van der Waals surface area (Å²) in [6, 6.07) is -0.737. The number of likely N-dealkylation sites (N-methyl/N-ethyl adjacent to an activating group) is 1. The fraction of sp³-hybridized carbons (Fsp3) is 0.688. The van der Waals surface area contributed by atoms with E-state index >= 15 is 0 Å². The van der Waals surface area contributed by atoms with Gasteiger partial charge in [-0.25, -0.2) is 0 Å². The topological polar surface area (TPSA) is 102 Å². The van der Waals surface area contributed by atoms with Crippen LogP contribution in [0.2, 0.25) is 0 Å². The van der Waals surface area contributed by atoms with Gasteiger partial charge >= 0.3 is 11.9 Å². The van der Waals surface area contributed by atoms with Crippen molar-refractivity contribution in [2.24, 2.45) is 0 Å². The van der Waals surface area contributed by atoms with E-state index in [0.717, 1.165) is 64.2 Å². The molecule has 0 rings (SSSR count). The van der Waals surface area contributed by atoms with Crippen molar-refractivity contribution in [1.29, 1.82) is 0 Å². The molecule has 56 heavy (non-hydrogen) atoms. The number of aliphatic carboxylic acids is 1. The molecule has 2 unspecified atom stereocenters. The first kappa shape index (κ1) is 52.8. The highest BCUT2D eigenvalue weighted by Crippen LogP contribution is 2.14. The summed E-state index contributed by atoms with van der Waals surface area (Å²) in [4.78, 5) is 36.8. The number of carbonyl (C=O) groups is 3. The van der Waals surface area contributed by atoms with Gasteiger partial charge in [0.05, 0.1) is 40.3 Å². The van der Waals surface area contributed by atoms with E-state index in [1.807, 2.05) is 0 Å². The summed E-state index contributed by atoms with van der Waals surface area (Å²) in [6.45, 7) is 4.36. The standard InChI is InChI=1S/C48H81NO7/c1-6-8-10-12-14-16-18-19-20-21-22-23-24-25-26-27-29-30-32-34-36-38-46(50)55-43-44(42-54-41-40-45(48(52)53)49(3,4)5)56-47(51)39-37-35-33-31-28-17-15-13-11-9-7-2/h8-11,14-17,19-20,31,33,44-45H,6-7,12-13,18,21-30,32,34-43H2,1-5H3/b10-8+,11-9+,16-14+,17-15+,20-19+,33-31+. The molecular weight excluding hydrogens is 703 g/mol. The Balaban J connectivity index is 4.29. The van der Waals surface area contributed by atoms with Crippen LogP contribution < -0.4 is 5.11 Å². The van der Waals surface area contributed by atoms with E-state index < -0.39 is 18.1 Å². The lowest BCUT2D eigenvalue weighted by Crippen LogP contribution is -2.55. The Kier molecular flexibility index (Phi) is 36.4. The fourth-order valence-corrected chi connectivity index (χ4v) is 5.99. The molecule has 0 heterocycles. The molecule has 0 aromatic carbocycles. The molecule has 8 heteroatoms. The molecule has 0 radical (unpaired) electrons. The number of carbonyl (C=O) groups excluding carboxylic acids is 3. The van der Waals surface area contributed by atoms with Gasteiger partial charge < -0.3 is 28.6 Å². The van der Waals surface area contributed by atoms with Crippen LogP contribution in [0.5, 0.6) is 0 Å². The van der Waals surface area contributed by atoms with Gasteiger partial charge in [-0.05, 0) is 70.6 Å². The van der Waals surface area contributed by atoms with Gasteiger partial charge in [-0.2, -0.15) is 0 Å². The number of ether oxygens (including phenoxy) is 3. The van der Waals surface area contributed by atoms with E-state index in [2.05, 4.69) is 86.8 Å². The first-order valence-corrected chi connectivity index (χ1v) is 22.0. The number of unbranched alkanes of at least 4 members (excludes halogenated alkanes) is 12. The van der Waals surface area contributed by atoms with Crippen molar-refractivity contribution in [1.82, 2.24) is 0 Å². The summed E-state index contributed by atoms with van der Waals surface area (Å²) in [5.41, 5.74) is 0. The van der Waals surface area contributed by atoms with Crippen LogP contribution in [0.1, 0.15) is 162 Å². The van der Waals surface area contributed by atoms with Gasteiger partial charge in [0.1, 0.15) is 12.6 Å². The zero-order valence-corrected chi connectivity index (χ0v) is 36.3. The predicted molar refractivity (Wildman–Crippen MR) is 231 cm³/mol. The van der Waals surface area contributed by atoms with Gasteiger partial charge in [0, 0.05) is 19.3 Å². The number of carboxylic acids is 1. The SMILES string of the molecule is CC/C=C/C/C=C/C/C=C/CCCCCCCCCCCCCC(=O)OCC(COCCC(C(=O)[O-])[N+](C)(C)C)OC(=O)CCC/C=C/C/C=C/C/C=C/CC. The second-order valence-corrected chi connectivity index (χ2v) is 15.5. The molecule has 0 saturated heterocycles. The van der Waals surface area contributed by atoms with Crippen molar-refractivity contribution in [2.75, 3.05) is 41.0 Å². The molecule has 8 nitrogen and oxygen atoms in total. The number of hydrogen-bond donors (Lipinski definition) is 0. The van der Waals surface area contributed by atoms with Crippen molar-refractivity contribution < 1.29 is 38.2 Å². The summed E-state index contributed by atoms with van der Waals surface area (Å²) in [7, 11) is 5.38. The first-order chi connectivity index (χ1) is 27.1. The highest BCUT2D eigenvalue weighted by Gasteiger charge is 2.25. The van der Waals surface area contributed by atoms with Crippen molar-refractivity contribution >= 4 is 17.9 Å². The zero-order valence-electron chi connectivity index (χ0n) is 36.3. The molecule has 0 aromatic rings. The molecule has 0 aliphatic rings. The molecular formula is C48H81NO7. The second-order valence-electron chi connectivity index (χ2n) is 15.5. The smallest absolute Gasteiger partial charge is 0.306 e. The molecule has 0 N–H and O–H groups in total. The molecule has 0 amide bonds. The van der Waals surface area contributed by atoms with E-state index in [0.29, 0.717) is 12.8 Å². The number of allylic oxidation sites excluding steroid dienone is 12. The molecule has 0 aliphatic heterocycles. The molecule has 0 bridgehead atoms. The minimum Gasteiger partial charge on any atom is -0.544 e. The Labute approximate surface area is 342 Å². The van der Waals surface area contributed by atoms with Gasteiger partial charge in [-0.15, -0.1) is 0 Å². The van der Waals surface area contributed by atoms with Crippen LogP contribution in [-0.4, -0.2) is 75.5 Å². The van der Waals surface area contributed by atoms with Crippen LogP contribution in [0, 0.1) is 0 Å². The Hall–Kier alpha value is -3.23. The average Bonchev–Trinajstić information content (AvgIpc) is 3.15. The summed E-state index contributed by atoms with van der Waals surface area (Å²) in [5, 5.41) is 11.6. The molecule has 2 atom stereocenters. The number of rotatable bonds is 38. The lowest BCUT2D eigenvalue weighted by Gasteiger charge is -2.34. The minimum absolute atomic E-state index is 0.0166. The van der Waals surface area contributed by atoms with E-state index in [1.165, 1.54) is 57.8 Å².